The lowest BCUT2D eigenvalue weighted by Gasteiger charge is -2.19. The second kappa shape index (κ2) is 6.70. The van der Waals surface area contributed by atoms with Crippen molar-refractivity contribution in [1.82, 2.24) is 0 Å². The molecule has 5 nitrogen and oxygen atoms in total. The van der Waals surface area contributed by atoms with E-state index in [9.17, 15) is 4.79 Å². The molecule has 6 heteroatoms. The molecule has 0 aliphatic carbocycles. The van der Waals surface area contributed by atoms with Crippen molar-refractivity contribution >= 4 is 34.5 Å². The number of nitrogen functional groups attached to an aromatic ring is 1. The Morgan fingerprint density at radius 3 is 2.64 bits per heavy atom. The minimum atomic E-state index is -0.517. The Labute approximate surface area is 134 Å². The highest BCUT2D eigenvalue weighted by molar-refractivity contribution is 7.10. The maximum atomic E-state index is 11.8. The van der Waals surface area contributed by atoms with Gasteiger partial charge in [0.25, 0.3) is 0 Å². The number of anilines is 3. The van der Waals surface area contributed by atoms with Gasteiger partial charge in [0.05, 0.1) is 6.54 Å². The molecule has 4 N–H and O–H groups in total. The summed E-state index contributed by atoms with van der Waals surface area (Å²) in [6, 6.07) is 9.36. The van der Waals surface area contributed by atoms with Crippen LogP contribution in [0.15, 0.2) is 35.7 Å². The molecule has 1 aromatic carbocycles. The van der Waals surface area contributed by atoms with Crippen LogP contribution < -0.4 is 16.4 Å². The molecule has 0 bridgehead atoms. The molecule has 2 aromatic rings. The Morgan fingerprint density at radius 1 is 1.27 bits per heavy atom. The maximum absolute atomic E-state index is 11.8. The van der Waals surface area contributed by atoms with Gasteiger partial charge in [0, 0.05) is 21.9 Å². The molecule has 0 saturated carbocycles. The minimum absolute atomic E-state index is 0.466. The van der Waals surface area contributed by atoms with E-state index in [-0.39, 0.29) is 0 Å². The molecule has 1 aromatic heterocycles. The number of nitrogens with one attached hydrogen (secondary N) is 2. The molecule has 1 amide bonds. The van der Waals surface area contributed by atoms with E-state index in [2.05, 4.69) is 10.6 Å². The van der Waals surface area contributed by atoms with Crippen molar-refractivity contribution < 1.29 is 9.53 Å². The molecule has 1 heterocycles. The number of hydrogen-bond donors (Lipinski definition) is 3. The van der Waals surface area contributed by atoms with Gasteiger partial charge in [-0.25, -0.2) is 4.79 Å². The van der Waals surface area contributed by atoms with Crippen LogP contribution in [0.2, 0.25) is 0 Å². The lowest BCUT2D eigenvalue weighted by Crippen LogP contribution is -2.27. The summed E-state index contributed by atoms with van der Waals surface area (Å²) in [5, 5.41) is 7.97. The molecule has 0 spiro atoms. The number of benzene rings is 1. The van der Waals surface area contributed by atoms with Crippen LogP contribution in [0.25, 0.3) is 0 Å². The first-order chi connectivity index (χ1) is 10.3. The Kier molecular flexibility index (Phi) is 4.92. The van der Waals surface area contributed by atoms with Crippen molar-refractivity contribution in [1.29, 1.82) is 0 Å². The number of amides is 1. The monoisotopic (exact) mass is 319 g/mol. The first-order valence-electron chi connectivity index (χ1n) is 6.99. The summed E-state index contributed by atoms with van der Waals surface area (Å²) in [7, 11) is 0. The van der Waals surface area contributed by atoms with Gasteiger partial charge in [-0.05, 0) is 50.4 Å². The summed E-state index contributed by atoms with van der Waals surface area (Å²) in [4.78, 5) is 12.8. The second-order valence-electron chi connectivity index (χ2n) is 5.86. The van der Waals surface area contributed by atoms with E-state index < -0.39 is 11.7 Å². The quantitative estimate of drug-likeness (QED) is 0.785. The number of rotatable bonds is 4. The third kappa shape index (κ3) is 4.96. The van der Waals surface area contributed by atoms with Crippen LogP contribution in [0.4, 0.5) is 21.9 Å². The van der Waals surface area contributed by atoms with Crippen molar-refractivity contribution in [3.63, 3.8) is 0 Å². The van der Waals surface area contributed by atoms with E-state index in [4.69, 9.17) is 10.5 Å². The molecular weight excluding hydrogens is 298 g/mol. The third-order valence-corrected chi connectivity index (χ3v) is 3.68. The number of ether oxygens (including phenoxy) is 1. The number of carbonyl (C=O) groups is 1. The highest BCUT2D eigenvalue weighted by atomic mass is 32.1. The molecule has 118 valence electrons. The van der Waals surface area contributed by atoms with Gasteiger partial charge in [0.1, 0.15) is 5.60 Å². The van der Waals surface area contributed by atoms with Crippen molar-refractivity contribution in [2.24, 2.45) is 0 Å². The normalized spacial score (nSPS) is 11.0. The van der Waals surface area contributed by atoms with E-state index >= 15 is 0 Å². The summed E-state index contributed by atoms with van der Waals surface area (Å²) in [6.07, 6.45) is -0.466. The van der Waals surface area contributed by atoms with Gasteiger partial charge >= 0.3 is 6.09 Å². The number of carbonyl (C=O) groups excluding carboxylic acids is 1. The Morgan fingerprint density at radius 2 is 2.00 bits per heavy atom. The lowest BCUT2D eigenvalue weighted by atomic mass is 10.2. The fraction of sp³-hybridized carbons (Fsp3) is 0.312. The molecule has 0 fully saturated rings. The van der Waals surface area contributed by atoms with Crippen LogP contribution in [0.5, 0.6) is 0 Å². The Hall–Kier alpha value is -2.21. The number of thiophene rings is 1. The zero-order valence-corrected chi connectivity index (χ0v) is 13.8. The first kappa shape index (κ1) is 16.2. The van der Waals surface area contributed by atoms with Crippen LogP contribution in [0.1, 0.15) is 25.6 Å². The predicted molar refractivity (Wildman–Crippen MR) is 92.4 cm³/mol. The van der Waals surface area contributed by atoms with Crippen molar-refractivity contribution in [3.05, 3.63) is 40.6 Å². The topological polar surface area (TPSA) is 76.4 Å². The SMILES string of the molecule is CC(C)(C)OC(=O)Nc1cccc(NCc2sccc2N)c1. The Bertz CT molecular complexity index is 647. The smallest absolute Gasteiger partial charge is 0.412 e. The van der Waals surface area contributed by atoms with Crippen LogP contribution in [-0.2, 0) is 11.3 Å². The third-order valence-electron chi connectivity index (χ3n) is 2.74. The summed E-state index contributed by atoms with van der Waals surface area (Å²) >= 11 is 1.61. The van der Waals surface area contributed by atoms with Crippen molar-refractivity contribution in [3.8, 4) is 0 Å². The minimum Gasteiger partial charge on any atom is -0.444 e. The van der Waals surface area contributed by atoms with Crippen molar-refractivity contribution in [2.75, 3.05) is 16.4 Å². The zero-order chi connectivity index (χ0) is 16.2. The zero-order valence-electron chi connectivity index (χ0n) is 13.0. The van der Waals surface area contributed by atoms with Gasteiger partial charge in [-0.3, -0.25) is 5.32 Å². The summed E-state index contributed by atoms with van der Waals surface area (Å²) < 4.78 is 5.23. The van der Waals surface area contributed by atoms with Crippen molar-refractivity contribution in [2.45, 2.75) is 32.9 Å². The van der Waals surface area contributed by atoms with Gasteiger partial charge in [-0.15, -0.1) is 11.3 Å². The summed E-state index contributed by atoms with van der Waals surface area (Å²) in [6.45, 7) is 6.14. The van der Waals surface area contributed by atoms with E-state index in [1.807, 2.05) is 56.5 Å². The van der Waals surface area contributed by atoms with Crippen LogP contribution in [-0.4, -0.2) is 11.7 Å². The molecule has 0 radical (unpaired) electrons. The van der Waals surface area contributed by atoms with E-state index in [1.54, 1.807) is 11.3 Å². The average Bonchev–Trinajstić information content (AvgIpc) is 2.80. The standard InChI is InChI=1S/C16H21N3O2S/c1-16(2,3)21-15(20)19-12-6-4-5-11(9-12)18-10-14-13(17)7-8-22-14/h4-9,18H,10,17H2,1-3H3,(H,19,20). The lowest BCUT2D eigenvalue weighted by molar-refractivity contribution is 0.0636. The average molecular weight is 319 g/mol. The molecule has 0 aliphatic heterocycles. The van der Waals surface area contributed by atoms with E-state index in [0.717, 1.165) is 16.3 Å². The molecule has 22 heavy (non-hydrogen) atoms. The van der Waals surface area contributed by atoms with Crippen LogP contribution in [0, 0.1) is 0 Å². The van der Waals surface area contributed by atoms with Gasteiger partial charge < -0.3 is 15.8 Å². The summed E-state index contributed by atoms with van der Waals surface area (Å²) in [5.41, 5.74) is 7.71. The first-order valence-corrected chi connectivity index (χ1v) is 7.87. The molecule has 0 atom stereocenters. The largest absolute Gasteiger partial charge is 0.444 e. The molecule has 0 saturated heterocycles. The molecule has 0 unspecified atom stereocenters. The van der Waals surface area contributed by atoms with Crippen LogP contribution in [0.3, 0.4) is 0 Å². The number of hydrogen-bond acceptors (Lipinski definition) is 5. The van der Waals surface area contributed by atoms with Gasteiger partial charge in [0.2, 0.25) is 0 Å². The number of nitrogens with two attached hydrogens (primary N) is 1. The van der Waals surface area contributed by atoms with Gasteiger partial charge in [-0.2, -0.15) is 0 Å². The fourth-order valence-electron chi connectivity index (χ4n) is 1.80. The van der Waals surface area contributed by atoms with Crippen LogP contribution >= 0.6 is 11.3 Å². The van der Waals surface area contributed by atoms with Gasteiger partial charge in [0.15, 0.2) is 0 Å². The van der Waals surface area contributed by atoms with E-state index in [0.29, 0.717) is 12.2 Å². The molecular formula is C16H21N3O2S. The second-order valence-corrected chi connectivity index (χ2v) is 6.86. The van der Waals surface area contributed by atoms with Gasteiger partial charge in [-0.1, -0.05) is 6.07 Å². The highest BCUT2D eigenvalue weighted by Gasteiger charge is 2.16. The molecule has 2 rings (SSSR count). The molecule has 0 aliphatic rings. The maximum Gasteiger partial charge on any atom is 0.412 e. The van der Waals surface area contributed by atoms with E-state index in [1.165, 1.54) is 0 Å². The Balaban J connectivity index is 1.95. The predicted octanol–water partition coefficient (Wildman–Crippen LogP) is 4.29. The summed E-state index contributed by atoms with van der Waals surface area (Å²) in [5.74, 6) is 0. The highest BCUT2D eigenvalue weighted by Crippen LogP contribution is 2.22. The fourth-order valence-corrected chi connectivity index (χ4v) is 2.54.